The molecule has 0 atom stereocenters. The van der Waals surface area contributed by atoms with E-state index in [0.29, 0.717) is 30.3 Å². The fraction of sp³-hybridized carbons (Fsp3) is 0.400. The van der Waals surface area contributed by atoms with E-state index >= 15 is 0 Å². The molecule has 0 saturated heterocycles. The highest BCUT2D eigenvalue weighted by molar-refractivity contribution is 5.93. The first-order valence-corrected chi connectivity index (χ1v) is 6.28. The average Bonchev–Trinajstić information content (AvgIpc) is 2.39. The largest absolute Gasteiger partial charge is 0.493 e. The standard InChI is InChI=1S/C15H20O4/c1-5-18-14-10-12(7-8-13(14)17-4)9-11(3)15(16)19-6-2/h7-10H,5-6H2,1-4H3/b11-9+. The summed E-state index contributed by atoms with van der Waals surface area (Å²) in [5, 5.41) is 0. The number of hydrogen-bond donors (Lipinski definition) is 0. The van der Waals surface area contributed by atoms with Crippen molar-refractivity contribution >= 4 is 12.0 Å². The van der Waals surface area contributed by atoms with Gasteiger partial charge in [-0.1, -0.05) is 6.07 Å². The Hall–Kier alpha value is -1.97. The Morgan fingerprint density at radius 2 is 1.95 bits per heavy atom. The third-order valence-corrected chi connectivity index (χ3v) is 2.47. The molecular weight excluding hydrogens is 244 g/mol. The number of rotatable bonds is 6. The van der Waals surface area contributed by atoms with Crippen LogP contribution in [0.25, 0.3) is 6.08 Å². The van der Waals surface area contributed by atoms with Crippen LogP contribution in [0.3, 0.4) is 0 Å². The highest BCUT2D eigenvalue weighted by atomic mass is 16.5. The topological polar surface area (TPSA) is 44.8 Å². The van der Waals surface area contributed by atoms with E-state index in [1.165, 1.54) is 0 Å². The number of carbonyl (C=O) groups is 1. The fourth-order valence-electron chi connectivity index (χ4n) is 1.61. The summed E-state index contributed by atoms with van der Waals surface area (Å²) in [4.78, 5) is 11.5. The first kappa shape index (κ1) is 15.1. The van der Waals surface area contributed by atoms with Gasteiger partial charge in [0.2, 0.25) is 0 Å². The minimum Gasteiger partial charge on any atom is -0.493 e. The number of ether oxygens (including phenoxy) is 3. The second kappa shape index (κ2) is 7.46. The van der Waals surface area contributed by atoms with Crippen LogP contribution in [0, 0.1) is 0 Å². The predicted octanol–water partition coefficient (Wildman–Crippen LogP) is 3.06. The summed E-state index contributed by atoms with van der Waals surface area (Å²) in [6.45, 7) is 6.34. The van der Waals surface area contributed by atoms with Gasteiger partial charge in [0.25, 0.3) is 0 Å². The van der Waals surface area contributed by atoms with Gasteiger partial charge in [-0.05, 0) is 44.5 Å². The first-order valence-electron chi connectivity index (χ1n) is 6.28. The molecule has 4 nitrogen and oxygen atoms in total. The Balaban J connectivity index is 2.98. The molecule has 1 aromatic carbocycles. The molecule has 0 aliphatic rings. The number of benzene rings is 1. The van der Waals surface area contributed by atoms with E-state index in [2.05, 4.69) is 0 Å². The van der Waals surface area contributed by atoms with Crippen LogP contribution in [0.1, 0.15) is 26.3 Å². The van der Waals surface area contributed by atoms with Crippen molar-refractivity contribution < 1.29 is 19.0 Å². The van der Waals surface area contributed by atoms with Crippen LogP contribution >= 0.6 is 0 Å². The van der Waals surface area contributed by atoms with Crippen molar-refractivity contribution in [2.75, 3.05) is 20.3 Å². The quantitative estimate of drug-likeness (QED) is 0.585. The van der Waals surface area contributed by atoms with Gasteiger partial charge < -0.3 is 14.2 Å². The van der Waals surface area contributed by atoms with E-state index in [0.717, 1.165) is 5.56 Å². The van der Waals surface area contributed by atoms with E-state index in [9.17, 15) is 4.79 Å². The van der Waals surface area contributed by atoms with Gasteiger partial charge >= 0.3 is 5.97 Å². The first-order chi connectivity index (χ1) is 9.12. The lowest BCUT2D eigenvalue weighted by Gasteiger charge is -2.10. The number of methoxy groups -OCH3 is 1. The average molecular weight is 264 g/mol. The normalized spacial score (nSPS) is 11.1. The molecule has 104 valence electrons. The zero-order chi connectivity index (χ0) is 14.3. The molecule has 0 heterocycles. The maximum absolute atomic E-state index is 11.5. The second-order valence-corrected chi connectivity index (χ2v) is 3.89. The number of esters is 1. The Morgan fingerprint density at radius 1 is 1.21 bits per heavy atom. The predicted molar refractivity (Wildman–Crippen MR) is 74.4 cm³/mol. The molecular formula is C15H20O4. The summed E-state index contributed by atoms with van der Waals surface area (Å²) in [6, 6.07) is 5.52. The van der Waals surface area contributed by atoms with E-state index in [4.69, 9.17) is 14.2 Å². The minimum atomic E-state index is -0.309. The van der Waals surface area contributed by atoms with Crippen molar-refractivity contribution in [2.45, 2.75) is 20.8 Å². The summed E-state index contributed by atoms with van der Waals surface area (Å²) in [7, 11) is 1.59. The third-order valence-electron chi connectivity index (χ3n) is 2.47. The summed E-state index contributed by atoms with van der Waals surface area (Å²) in [5.74, 6) is 1.03. The van der Waals surface area contributed by atoms with Crippen molar-refractivity contribution in [1.82, 2.24) is 0 Å². The zero-order valence-corrected chi connectivity index (χ0v) is 11.9. The van der Waals surface area contributed by atoms with Gasteiger partial charge in [-0.15, -0.1) is 0 Å². The highest BCUT2D eigenvalue weighted by Gasteiger charge is 2.07. The van der Waals surface area contributed by atoms with Crippen molar-refractivity contribution in [3.8, 4) is 11.5 Å². The molecule has 1 aromatic rings. The van der Waals surface area contributed by atoms with E-state index in [-0.39, 0.29) is 5.97 Å². The van der Waals surface area contributed by atoms with Crippen LogP contribution in [0.5, 0.6) is 11.5 Å². The molecule has 0 bridgehead atoms. The van der Waals surface area contributed by atoms with Crippen LogP contribution < -0.4 is 9.47 Å². The maximum Gasteiger partial charge on any atom is 0.333 e. The Bertz CT molecular complexity index is 463. The van der Waals surface area contributed by atoms with Crippen LogP contribution in [0.15, 0.2) is 23.8 Å². The molecule has 0 saturated carbocycles. The number of hydrogen-bond acceptors (Lipinski definition) is 4. The lowest BCUT2D eigenvalue weighted by molar-refractivity contribution is -0.138. The van der Waals surface area contributed by atoms with Crippen LogP contribution in [-0.2, 0) is 9.53 Å². The fourth-order valence-corrected chi connectivity index (χ4v) is 1.61. The molecule has 0 aliphatic carbocycles. The summed E-state index contributed by atoms with van der Waals surface area (Å²) < 4.78 is 15.6. The highest BCUT2D eigenvalue weighted by Crippen LogP contribution is 2.28. The molecule has 0 spiro atoms. The SMILES string of the molecule is CCOC(=O)/C(C)=C/c1ccc(OC)c(OCC)c1. The monoisotopic (exact) mass is 264 g/mol. The van der Waals surface area contributed by atoms with Crippen LogP contribution in [0.4, 0.5) is 0 Å². The molecule has 0 radical (unpaired) electrons. The van der Waals surface area contributed by atoms with E-state index < -0.39 is 0 Å². The van der Waals surface area contributed by atoms with Crippen molar-refractivity contribution in [3.05, 3.63) is 29.3 Å². The van der Waals surface area contributed by atoms with Gasteiger partial charge in [0.05, 0.1) is 20.3 Å². The van der Waals surface area contributed by atoms with Crippen LogP contribution in [-0.4, -0.2) is 26.3 Å². The van der Waals surface area contributed by atoms with Gasteiger partial charge in [-0.3, -0.25) is 0 Å². The summed E-state index contributed by atoms with van der Waals surface area (Å²) in [6.07, 6.45) is 1.76. The third kappa shape index (κ3) is 4.32. The van der Waals surface area contributed by atoms with Crippen molar-refractivity contribution in [2.24, 2.45) is 0 Å². The van der Waals surface area contributed by atoms with Crippen molar-refractivity contribution in [3.63, 3.8) is 0 Å². The van der Waals surface area contributed by atoms with Crippen LogP contribution in [0.2, 0.25) is 0 Å². The van der Waals surface area contributed by atoms with E-state index in [1.54, 1.807) is 27.0 Å². The van der Waals surface area contributed by atoms with Gasteiger partial charge in [-0.2, -0.15) is 0 Å². The minimum absolute atomic E-state index is 0.309. The van der Waals surface area contributed by atoms with E-state index in [1.807, 2.05) is 25.1 Å². The van der Waals surface area contributed by atoms with Crippen molar-refractivity contribution in [1.29, 1.82) is 0 Å². The molecule has 0 fully saturated rings. The molecule has 0 aliphatic heterocycles. The molecule has 1 rings (SSSR count). The zero-order valence-electron chi connectivity index (χ0n) is 11.9. The smallest absolute Gasteiger partial charge is 0.333 e. The summed E-state index contributed by atoms with van der Waals surface area (Å²) in [5.41, 5.74) is 1.42. The molecule has 0 unspecified atom stereocenters. The Labute approximate surface area is 114 Å². The lowest BCUT2D eigenvalue weighted by Crippen LogP contribution is -2.04. The number of carbonyl (C=O) groups excluding carboxylic acids is 1. The summed E-state index contributed by atoms with van der Waals surface area (Å²) >= 11 is 0. The molecule has 19 heavy (non-hydrogen) atoms. The van der Waals surface area contributed by atoms with Gasteiger partial charge in [0, 0.05) is 5.57 Å². The molecule has 0 amide bonds. The van der Waals surface area contributed by atoms with Gasteiger partial charge in [0.15, 0.2) is 11.5 Å². The maximum atomic E-state index is 11.5. The van der Waals surface area contributed by atoms with Gasteiger partial charge in [-0.25, -0.2) is 4.79 Å². The lowest BCUT2D eigenvalue weighted by atomic mass is 10.1. The second-order valence-electron chi connectivity index (χ2n) is 3.89. The Morgan fingerprint density at radius 3 is 2.53 bits per heavy atom. The molecule has 4 heteroatoms. The Kier molecular flexibility index (Phi) is 5.93. The molecule has 0 N–H and O–H groups in total. The van der Waals surface area contributed by atoms with Gasteiger partial charge in [0.1, 0.15) is 0 Å². The molecule has 0 aromatic heterocycles.